The third-order valence-electron chi connectivity index (χ3n) is 6.43. The van der Waals surface area contributed by atoms with E-state index in [-0.39, 0.29) is 0 Å². The zero-order valence-corrected chi connectivity index (χ0v) is 20.8. The van der Waals surface area contributed by atoms with Gasteiger partial charge in [0, 0.05) is 6.04 Å². The largest absolute Gasteiger partial charge is 0.503 e. The molecular weight excluding hydrogens is 374 g/mol. The van der Waals surface area contributed by atoms with E-state index in [0.29, 0.717) is 12.0 Å². The van der Waals surface area contributed by atoms with E-state index in [0.717, 1.165) is 5.92 Å². The second kappa shape index (κ2) is 24.5. The van der Waals surface area contributed by atoms with Gasteiger partial charge in [-0.15, -0.1) is 0 Å². The van der Waals surface area contributed by atoms with E-state index >= 15 is 0 Å². The van der Waals surface area contributed by atoms with Crippen LogP contribution in [0.5, 0.6) is 0 Å². The standard InChI is InChI=1S/C25H53N.CH2O3/c1-5-7-9-11-13-15-17-19-21-25(23(3)24(4)26)22-20-18-16-14-12-10-8-6-2;2-1(3)4/h23-25H,5-22,26H2,1-4H3;(H2,2,3,4). The van der Waals surface area contributed by atoms with Crippen LogP contribution in [0.3, 0.4) is 0 Å². The zero-order valence-electron chi connectivity index (χ0n) is 20.8. The van der Waals surface area contributed by atoms with Gasteiger partial charge in [0.05, 0.1) is 0 Å². The van der Waals surface area contributed by atoms with E-state index < -0.39 is 6.16 Å². The molecule has 0 aliphatic rings. The Morgan fingerprint density at radius 3 is 1.17 bits per heavy atom. The van der Waals surface area contributed by atoms with Crippen molar-refractivity contribution in [2.75, 3.05) is 0 Å². The predicted molar refractivity (Wildman–Crippen MR) is 131 cm³/mol. The highest BCUT2D eigenvalue weighted by Gasteiger charge is 2.19. The molecule has 0 spiro atoms. The van der Waals surface area contributed by atoms with Crippen LogP contribution in [0.25, 0.3) is 0 Å². The van der Waals surface area contributed by atoms with Gasteiger partial charge in [-0.3, -0.25) is 0 Å². The molecule has 0 amide bonds. The summed E-state index contributed by atoms with van der Waals surface area (Å²) in [6.45, 7) is 9.20. The van der Waals surface area contributed by atoms with Crippen LogP contribution in [0, 0.1) is 11.8 Å². The van der Waals surface area contributed by atoms with Gasteiger partial charge in [-0.25, -0.2) is 4.79 Å². The van der Waals surface area contributed by atoms with Crippen molar-refractivity contribution in [3.05, 3.63) is 0 Å². The second-order valence-corrected chi connectivity index (χ2v) is 9.29. The number of carbonyl (C=O) groups is 1. The van der Waals surface area contributed by atoms with Crippen LogP contribution in [0.2, 0.25) is 0 Å². The van der Waals surface area contributed by atoms with Crippen LogP contribution in [0.1, 0.15) is 143 Å². The minimum Gasteiger partial charge on any atom is -0.450 e. The molecule has 0 aromatic carbocycles. The van der Waals surface area contributed by atoms with Gasteiger partial charge < -0.3 is 15.9 Å². The Morgan fingerprint density at radius 2 is 0.900 bits per heavy atom. The summed E-state index contributed by atoms with van der Waals surface area (Å²) < 4.78 is 0. The Balaban J connectivity index is 0. The minimum absolute atomic E-state index is 0.350. The van der Waals surface area contributed by atoms with E-state index in [1.807, 2.05) is 0 Å². The highest BCUT2D eigenvalue weighted by molar-refractivity contribution is 5.53. The smallest absolute Gasteiger partial charge is 0.450 e. The van der Waals surface area contributed by atoms with Crippen molar-refractivity contribution < 1.29 is 15.0 Å². The molecule has 30 heavy (non-hydrogen) atoms. The van der Waals surface area contributed by atoms with Crippen molar-refractivity contribution in [1.29, 1.82) is 0 Å². The Bertz CT molecular complexity index is 323. The summed E-state index contributed by atoms with van der Waals surface area (Å²) in [5.74, 6) is 1.54. The molecule has 4 N–H and O–H groups in total. The molecule has 0 rings (SSSR count). The molecule has 0 radical (unpaired) electrons. The van der Waals surface area contributed by atoms with Gasteiger partial charge >= 0.3 is 6.16 Å². The lowest BCUT2D eigenvalue weighted by atomic mass is 9.81. The number of hydrogen-bond acceptors (Lipinski definition) is 2. The maximum Gasteiger partial charge on any atom is 0.503 e. The SMILES string of the molecule is CCCCCCCCCCC(CCCCCCCCCC)C(C)C(C)N.O=C(O)O. The first-order valence-corrected chi connectivity index (χ1v) is 13.0. The highest BCUT2D eigenvalue weighted by atomic mass is 16.6. The summed E-state index contributed by atoms with van der Waals surface area (Å²) >= 11 is 0. The topological polar surface area (TPSA) is 83.6 Å². The van der Waals surface area contributed by atoms with Gasteiger partial charge in [0.25, 0.3) is 0 Å². The quantitative estimate of drug-likeness (QED) is 0.169. The molecule has 4 heteroatoms. The first-order chi connectivity index (χ1) is 14.4. The third kappa shape index (κ3) is 25.3. The zero-order chi connectivity index (χ0) is 23.0. The molecule has 2 atom stereocenters. The van der Waals surface area contributed by atoms with Gasteiger partial charge in [-0.05, 0) is 18.8 Å². The summed E-state index contributed by atoms with van der Waals surface area (Å²) in [5, 5.41) is 13.9. The highest BCUT2D eigenvalue weighted by Crippen LogP contribution is 2.27. The molecule has 0 aromatic heterocycles. The van der Waals surface area contributed by atoms with Crippen LogP contribution in [-0.4, -0.2) is 22.4 Å². The Hall–Kier alpha value is -0.770. The number of unbranched alkanes of at least 4 members (excludes halogenated alkanes) is 14. The predicted octanol–water partition coefficient (Wildman–Crippen LogP) is 8.87. The van der Waals surface area contributed by atoms with Gasteiger partial charge in [0.1, 0.15) is 0 Å². The Morgan fingerprint density at radius 1 is 0.633 bits per heavy atom. The third-order valence-corrected chi connectivity index (χ3v) is 6.43. The molecule has 0 bridgehead atoms. The van der Waals surface area contributed by atoms with Crippen molar-refractivity contribution in [2.45, 2.75) is 149 Å². The number of carboxylic acid groups (broad SMARTS) is 2. The van der Waals surface area contributed by atoms with E-state index in [4.69, 9.17) is 20.7 Å². The normalized spacial score (nSPS) is 13.0. The van der Waals surface area contributed by atoms with Gasteiger partial charge in [0.15, 0.2) is 0 Å². The monoisotopic (exact) mass is 429 g/mol. The molecule has 2 unspecified atom stereocenters. The van der Waals surface area contributed by atoms with Crippen LogP contribution in [-0.2, 0) is 0 Å². The van der Waals surface area contributed by atoms with Crippen LogP contribution >= 0.6 is 0 Å². The van der Waals surface area contributed by atoms with Crippen molar-refractivity contribution in [2.24, 2.45) is 17.6 Å². The summed E-state index contributed by atoms with van der Waals surface area (Å²) in [5.41, 5.74) is 6.23. The lowest BCUT2D eigenvalue weighted by Crippen LogP contribution is -2.30. The van der Waals surface area contributed by atoms with Crippen LogP contribution < -0.4 is 5.73 Å². The van der Waals surface area contributed by atoms with Gasteiger partial charge in [-0.1, -0.05) is 136 Å². The summed E-state index contributed by atoms with van der Waals surface area (Å²) in [6, 6.07) is 0.350. The van der Waals surface area contributed by atoms with E-state index in [9.17, 15) is 0 Å². The average Bonchev–Trinajstić information content (AvgIpc) is 2.69. The number of nitrogens with two attached hydrogens (primary N) is 1. The average molecular weight is 430 g/mol. The minimum atomic E-state index is -1.83. The molecular formula is C26H55NO3. The second-order valence-electron chi connectivity index (χ2n) is 9.29. The fraction of sp³-hybridized carbons (Fsp3) is 0.962. The van der Waals surface area contributed by atoms with Crippen molar-refractivity contribution in [3.8, 4) is 0 Å². The summed E-state index contributed by atoms with van der Waals surface area (Å²) in [6.07, 6.45) is 23.8. The Kier molecular flexibility index (Phi) is 25.7. The maximum absolute atomic E-state index is 8.56. The molecule has 4 nitrogen and oxygen atoms in total. The van der Waals surface area contributed by atoms with E-state index in [1.54, 1.807) is 0 Å². The lowest BCUT2D eigenvalue weighted by molar-refractivity contribution is 0.137. The van der Waals surface area contributed by atoms with Gasteiger partial charge in [0.2, 0.25) is 0 Å². The van der Waals surface area contributed by atoms with Crippen molar-refractivity contribution in [3.63, 3.8) is 0 Å². The molecule has 0 heterocycles. The first-order valence-electron chi connectivity index (χ1n) is 13.0. The van der Waals surface area contributed by atoms with E-state index in [1.165, 1.54) is 116 Å². The maximum atomic E-state index is 8.56. The summed E-state index contributed by atoms with van der Waals surface area (Å²) in [7, 11) is 0. The molecule has 0 aliphatic heterocycles. The molecule has 0 aliphatic carbocycles. The van der Waals surface area contributed by atoms with Crippen molar-refractivity contribution in [1.82, 2.24) is 0 Å². The fourth-order valence-corrected chi connectivity index (χ4v) is 4.18. The molecule has 0 aromatic rings. The number of rotatable bonds is 20. The molecule has 0 fully saturated rings. The number of hydrogen-bond donors (Lipinski definition) is 3. The molecule has 0 saturated heterocycles. The van der Waals surface area contributed by atoms with Crippen LogP contribution in [0.4, 0.5) is 4.79 Å². The van der Waals surface area contributed by atoms with Crippen molar-refractivity contribution >= 4 is 6.16 Å². The summed E-state index contributed by atoms with van der Waals surface area (Å²) in [4.78, 5) is 8.56. The fourth-order valence-electron chi connectivity index (χ4n) is 4.18. The van der Waals surface area contributed by atoms with Gasteiger partial charge in [-0.2, -0.15) is 0 Å². The first kappa shape index (κ1) is 31.4. The molecule has 0 saturated carbocycles. The van der Waals surface area contributed by atoms with Crippen LogP contribution in [0.15, 0.2) is 0 Å². The lowest BCUT2D eigenvalue weighted by Gasteiger charge is -2.27. The molecule has 182 valence electrons. The van der Waals surface area contributed by atoms with E-state index in [2.05, 4.69) is 27.7 Å². The Labute approximate surface area is 188 Å².